The normalized spacial score (nSPS) is 13.4. The molecule has 6 heteroatoms. The zero-order valence-corrected chi connectivity index (χ0v) is 15.0. The first kappa shape index (κ1) is 20.1. The molecule has 0 radical (unpaired) electrons. The van der Waals surface area contributed by atoms with Gasteiger partial charge in [0, 0.05) is 11.7 Å². The average Bonchev–Trinajstić information content (AvgIpc) is 2.44. The van der Waals surface area contributed by atoms with Crippen LogP contribution < -0.4 is 15.5 Å². The highest BCUT2D eigenvalue weighted by atomic mass is 19.1. The molecule has 0 spiro atoms. The van der Waals surface area contributed by atoms with E-state index in [9.17, 15) is 14.0 Å². The van der Waals surface area contributed by atoms with Gasteiger partial charge in [0.15, 0.2) is 13.1 Å². The fourth-order valence-electron chi connectivity index (χ4n) is 2.36. The summed E-state index contributed by atoms with van der Waals surface area (Å²) in [4.78, 5) is 24.7. The first-order valence-electron chi connectivity index (χ1n) is 8.42. The van der Waals surface area contributed by atoms with Crippen molar-refractivity contribution in [1.82, 2.24) is 5.32 Å². The van der Waals surface area contributed by atoms with Gasteiger partial charge in [-0.15, -0.1) is 0 Å². The molecule has 0 fully saturated rings. The number of anilines is 1. The van der Waals surface area contributed by atoms with Crippen molar-refractivity contribution in [3.8, 4) is 0 Å². The van der Waals surface area contributed by atoms with E-state index in [1.165, 1.54) is 18.2 Å². The summed E-state index contributed by atoms with van der Waals surface area (Å²) in [7, 11) is 1.78. The molecular formula is C18H29FN3O2+. The number of amides is 2. The van der Waals surface area contributed by atoms with Crippen LogP contribution in [0, 0.1) is 11.7 Å². The molecule has 0 aliphatic rings. The predicted molar refractivity (Wildman–Crippen MR) is 93.3 cm³/mol. The van der Waals surface area contributed by atoms with E-state index >= 15 is 0 Å². The Morgan fingerprint density at radius 2 is 1.79 bits per heavy atom. The lowest BCUT2D eigenvalue weighted by Gasteiger charge is -2.17. The molecule has 0 aliphatic heterocycles. The molecule has 5 nitrogen and oxygen atoms in total. The standard InChI is InChI=1S/C18H28FN3O2/c1-13(2)8-9-14(3)20-17(23)11-22(4)12-18(24)21-16-7-5-6-15(19)10-16/h5-7,10,13-14H,8-9,11-12H2,1-4H3,(H,20,23)(H,21,24)/p+1/t14-/m0/s1. The number of hydrogen-bond donors (Lipinski definition) is 3. The molecular weight excluding hydrogens is 309 g/mol. The third-order valence-corrected chi connectivity index (χ3v) is 3.62. The maximum atomic E-state index is 13.1. The molecule has 2 amide bonds. The average molecular weight is 338 g/mol. The van der Waals surface area contributed by atoms with Gasteiger partial charge in [-0.3, -0.25) is 9.59 Å². The van der Waals surface area contributed by atoms with Crippen LogP contribution in [0.3, 0.4) is 0 Å². The van der Waals surface area contributed by atoms with E-state index in [1.807, 2.05) is 6.92 Å². The molecule has 1 unspecified atom stereocenters. The molecule has 0 bridgehead atoms. The van der Waals surface area contributed by atoms with Crippen LogP contribution in [-0.2, 0) is 9.59 Å². The molecule has 2 atom stereocenters. The summed E-state index contributed by atoms with van der Waals surface area (Å²) in [6, 6.07) is 5.87. The van der Waals surface area contributed by atoms with Crippen LogP contribution >= 0.6 is 0 Å². The predicted octanol–water partition coefficient (Wildman–Crippen LogP) is 1.22. The maximum absolute atomic E-state index is 13.1. The lowest BCUT2D eigenvalue weighted by atomic mass is 10.0. The van der Waals surface area contributed by atoms with Crippen LogP contribution in [0.1, 0.15) is 33.6 Å². The summed E-state index contributed by atoms with van der Waals surface area (Å²) >= 11 is 0. The Balaban J connectivity index is 2.32. The molecule has 134 valence electrons. The second-order valence-electron chi connectivity index (χ2n) is 6.81. The lowest BCUT2D eigenvalue weighted by Crippen LogP contribution is -3.11. The topological polar surface area (TPSA) is 62.6 Å². The smallest absolute Gasteiger partial charge is 0.279 e. The second kappa shape index (κ2) is 10.0. The van der Waals surface area contributed by atoms with E-state index in [1.54, 1.807) is 13.1 Å². The number of quaternary nitrogens is 1. The molecule has 3 N–H and O–H groups in total. The van der Waals surface area contributed by atoms with Crippen molar-refractivity contribution >= 4 is 17.5 Å². The molecule has 0 aliphatic carbocycles. The van der Waals surface area contributed by atoms with Crippen molar-refractivity contribution in [1.29, 1.82) is 0 Å². The van der Waals surface area contributed by atoms with Crippen LogP contribution in [0.25, 0.3) is 0 Å². The number of nitrogens with one attached hydrogen (secondary N) is 3. The molecule has 0 aromatic heterocycles. The monoisotopic (exact) mass is 338 g/mol. The highest BCUT2D eigenvalue weighted by Gasteiger charge is 2.16. The molecule has 0 saturated carbocycles. The third kappa shape index (κ3) is 8.62. The van der Waals surface area contributed by atoms with Crippen LogP contribution in [0.2, 0.25) is 0 Å². The van der Waals surface area contributed by atoms with Crippen molar-refractivity contribution in [2.24, 2.45) is 5.92 Å². The summed E-state index contributed by atoms with van der Waals surface area (Å²) in [5.74, 6) is -0.103. The van der Waals surface area contributed by atoms with Crippen molar-refractivity contribution in [2.45, 2.75) is 39.7 Å². The number of hydrogen-bond acceptors (Lipinski definition) is 2. The van der Waals surface area contributed by atoms with Gasteiger partial charge in [0.25, 0.3) is 11.8 Å². The Hall–Kier alpha value is -1.95. The largest absolute Gasteiger partial charge is 0.349 e. The van der Waals surface area contributed by atoms with Gasteiger partial charge >= 0.3 is 0 Å². The van der Waals surface area contributed by atoms with Crippen LogP contribution in [0.15, 0.2) is 24.3 Å². The maximum Gasteiger partial charge on any atom is 0.279 e. The van der Waals surface area contributed by atoms with Gasteiger partial charge in [-0.25, -0.2) is 4.39 Å². The third-order valence-electron chi connectivity index (χ3n) is 3.62. The first-order chi connectivity index (χ1) is 11.3. The van der Waals surface area contributed by atoms with Crippen LogP contribution in [0.4, 0.5) is 10.1 Å². The highest BCUT2D eigenvalue weighted by Crippen LogP contribution is 2.08. The fourth-order valence-corrected chi connectivity index (χ4v) is 2.36. The zero-order chi connectivity index (χ0) is 18.1. The molecule has 0 heterocycles. The molecule has 0 saturated heterocycles. The van der Waals surface area contributed by atoms with Crippen molar-refractivity contribution in [3.63, 3.8) is 0 Å². The number of carbonyl (C=O) groups excluding carboxylic acids is 2. The quantitative estimate of drug-likeness (QED) is 0.634. The van der Waals surface area contributed by atoms with E-state index in [0.717, 1.165) is 17.7 Å². The Labute approximate surface area is 143 Å². The van der Waals surface area contributed by atoms with Gasteiger partial charge in [0.05, 0.1) is 7.05 Å². The summed E-state index contributed by atoms with van der Waals surface area (Å²) in [6.45, 7) is 6.67. The minimum absolute atomic E-state index is 0.0673. The van der Waals surface area contributed by atoms with E-state index in [2.05, 4.69) is 24.5 Å². The van der Waals surface area contributed by atoms with Gasteiger partial charge in [-0.2, -0.15) is 0 Å². The minimum atomic E-state index is -0.400. The van der Waals surface area contributed by atoms with E-state index in [-0.39, 0.29) is 30.9 Å². The van der Waals surface area contributed by atoms with Crippen molar-refractivity contribution in [3.05, 3.63) is 30.1 Å². The van der Waals surface area contributed by atoms with Crippen molar-refractivity contribution in [2.75, 3.05) is 25.5 Å². The first-order valence-corrected chi connectivity index (χ1v) is 8.42. The molecule has 1 aromatic carbocycles. The SMILES string of the molecule is CC(C)CC[C@H](C)NC(=O)C[NH+](C)CC(=O)Nc1cccc(F)c1. The van der Waals surface area contributed by atoms with E-state index < -0.39 is 5.82 Å². The zero-order valence-electron chi connectivity index (χ0n) is 15.0. The molecule has 1 rings (SSSR count). The minimum Gasteiger partial charge on any atom is -0.349 e. The van der Waals surface area contributed by atoms with Gasteiger partial charge in [-0.05, 0) is 43.9 Å². The number of rotatable bonds is 9. The molecule has 1 aromatic rings. The summed E-state index contributed by atoms with van der Waals surface area (Å²) < 4.78 is 13.1. The second-order valence-corrected chi connectivity index (χ2v) is 6.81. The van der Waals surface area contributed by atoms with E-state index in [0.29, 0.717) is 11.6 Å². The van der Waals surface area contributed by atoms with Gasteiger partial charge in [0.1, 0.15) is 5.82 Å². The molecule has 24 heavy (non-hydrogen) atoms. The number of likely N-dealkylation sites (N-methyl/N-ethyl adjacent to an activating group) is 1. The van der Waals surface area contributed by atoms with Gasteiger partial charge in [-0.1, -0.05) is 19.9 Å². The van der Waals surface area contributed by atoms with Gasteiger partial charge < -0.3 is 15.5 Å². The Morgan fingerprint density at radius 3 is 2.42 bits per heavy atom. The Kier molecular flexibility index (Phi) is 8.40. The van der Waals surface area contributed by atoms with Crippen LogP contribution in [0.5, 0.6) is 0 Å². The highest BCUT2D eigenvalue weighted by molar-refractivity contribution is 5.91. The Morgan fingerprint density at radius 1 is 1.12 bits per heavy atom. The number of benzene rings is 1. The summed E-state index contributed by atoms with van der Waals surface area (Å²) in [6.07, 6.45) is 2.02. The fraction of sp³-hybridized carbons (Fsp3) is 0.556. The van der Waals surface area contributed by atoms with Gasteiger partial charge in [0.2, 0.25) is 0 Å². The Bertz CT molecular complexity index is 549. The summed E-state index contributed by atoms with van der Waals surface area (Å²) in [5, 5.41) is 5.58. The number of halogens is 1. The number of carbonyl (C=O) groups is 2. The van der Waals surface area contributed by atoms with E-state index in [4.69, 9.17) is 0 Å². The van der Waals surface area contributed by atoms with Crippen LogP contribution in [-0.4, -0.2) is 38.0 Å². The lowest BCUT2D eigenvalue weighted by molar-refractivity contribution is -0.862. The van der Waals surface area contributed by atoms with Crippen molar-refractivity contribution < 1.29 is 18.9 Å². The summed E-state index contributed by atoms with van der Waals surface area (Å²) in [5.41, 5.74) is 0.416.